The molecule has 0 radical (unpaired) electrons. The van der Waals surface area contributed by atoms with Crippen LogP contribution in [0, 0.1) is 12.3 Å². The molecule has 2 aliphatic heterocycles. The smallest absolute Gasteiger partial charge is 0.314 e. The topological polar surface area (TPSA) is 81.6 Å². The molecule has 0 unspecified atom stereocenters. The molecule has 0 aliphatic carbocycles. The van der Waals surface area contributed by atoms with Gasteiger partial charge in [0.15, 0.2) is 0 Å². The Balaban J connectivity index is 1.71. The van der Waals surface area contributed by atoms with Crippen molar-refractivity contribution in [2.75, 3.05) is 14.2 Å². The van der Waals surface area contributed by atoms with Gasteiger partial charge in [0, 0.05) is 29.6 Å². The van der Waals surface area contributed by atoms with E-state index >= 15 is 0 Å². The third-order valence-electron chi connectivity index (χ3n) is 6.00. The number of esters is 1. The van der Waals surface area contributed by atoms with Crippen LogP contribution in [-0.4, -0.2) is 53.0 Å². The second kappa shape index (κ2) is 7.16. The van der Waals surface area contributed by atoms with Crippen molar-refractivity contribution in [2.45, 2.75) is 44.7 Å². The first kappa shape index (κ1) is 18.9. The molecule has 0 saturated carbocycles. The monoisotopic (exact) mass is 401 g/mol. The number of nitrogens with zero attached hydrogens (tertiary/aromatic N) is 3. The maximum absolute atomic E-state index is 13.5. The Kier molecular flexibility index (Phi) is 4.82. The number of carbonyl (C=O) groups excluding carboxylic acids is 2. The van der Waals surface area contributed by atoms with E-state index in [4.69, 9.17) is 9.47 Å². The number of methoxy groups -OCH3 is 2. The Morgan fingerprint density at radius 2 is 2.14 bits per heavy atom. The summed E-state index contributed by atoms with van der Waals surface area (Å²) in [4.78, 5) is 36.9. The number of aryl methyl sites for hydroxylation is 1. The van der Waals surface area contributed by atoms with Gasteiger partial charge in [0.25, 0.3) is 5.91 Å². The maximum atomic E-state index is 13.5. The Morgan fingerprint density at radius 1 is 1.32 bits per heavy atom. The lowest BCUT2D eigenvalue weighted by Gasteiger charge is -2.34. The molecule has 2 aromatic heterocycles. The van der Waals surface area contributed by atoms with E-state index in [1.807, 2.05) is 17.2 Å². The van der Waals surface area contributed by atoms with Gasteiger partial charge in [-0.2, -0.15) is 0 Å². The molecule has 1 amide bonds. The normalized spacial score (nSPS) is 25.8. The molecule has 2 fully saturated rings. The predicted octanol–water partition coefficient (Wildman–Crippen LogP) is 2.63. The number of amides is 1. The minimum Gasteiger partial charge on any atom is -0.494 e. The van der Waals surface area contributed by atoms with E-state index in [1.54, 1.807) is 17.8 Å². The van der Waals surface area contributed by atoms with Crippen LogP contribution in [0.2, 0.25) is 0 Å². The highest BCUT2D eigenvalue weighted by Gasteiger charge is 2.62. The second-order valence-electron chi connectivity index (χ2n) is 7.49. The molecule has 2 saturated heterocycles. The number of rotatable bonds is 5. The Hall–Kier alpha value is -2.48. The lowest BCUT2D eigenvalue weighted by atomic mass is 9.71. The average molecular weight is 401 g/mol. The van der Waals surface area contributed by atoms with Gasteiger partial charge >= 0.3 is 5.97 Å². The first-order valence-electron chi connectivity index (χ1n) is 9.29. The second-order valence-corrected chi connectivity index (χ2v) is 8.21. The van der Waals surface area contributed by atoms with Crippen molar-refractivity contribution in [3.63, 3.8) is 0 Å². The highest BCUT2D eigenvalue weighted by molar-refractivity contribution is 7.07. The molecule has 2 aromatic rings. The van der Waals surface area contributed by atoms with Gasteiger partial charge in [0.05, 0.1) is 42.6 Å². The van der Waals surface area contributed by atoms with Crippen molar-refractivity contribution in [2.24, 2.45) is 5.41 Å². The number of hydrogen-bond acceptors (Lipinski definition) is 7. The van der Waals surface area contributed by atoms with Gasteiger partial charge in [0.1, 0.15) is 5.75 Å². The molecule has 3 atom stereocenters. The fourth-order valence-electron chi connectivity index (χ4n) is 4.84. The molecular weight excluding hydrogens is 378 g/mol. The fraction of sp³-hybridized carbons (Fsp3) is 0.500. The number of carbonyl (C=O) groups is 2. The molecule has 0 aromatic carbocycles. The molecule has 7 nitrogen and oxygen atoms in total. The largest absolute Gasteiger partial charge is 0.494 e. The minimum atomic E-state index is -0.753. The number of pyridine rings is 1. The van der Waals surface area contributed by atoms with Crippen LogP contribution in [0.15, 0.2) is 23.2 Å². The van der Waals surface area contributed by atoms with Crippen LogP contribution in [0.1, 0.15) is 41.0 Å². The van der Waals surface area contributed by atoms with Gasteiger partial charge in [-0.15, -0.1) is 11.3 Å². The zero-order valence-corrected chi connectivity index (χ0v) is 17.0. The number of ether oxygens (including phenoxy) is 2. The van der Waals surface area contributed by atoms with Crippen LogP contribution >= 0.6 is 11.3 Å². The van der Waals surface area contributed by atoms with Crippen LogP contribution < -0.4 is 4.74 Å². The van der Waals surface area contributed by atoms with Crippen LogP contribution in [0.4, 0.5) is 0 Å². The summed E-state index contributed by atoms with van der Waals surface area (Å²) in [7, 11) is 2.95. The highest BCUT2D eigenvalue weighted by atomic mass is 32.1. The van der Waals surface area contributed by atoms with Crippen LogP contribution in [0.3, 0.4) is 0 Å². The van der Waals surface area contributed by atoms with Gasteiger partial charge < -0.3 is 14.4 Å². The lowest BCUT2D eigenvalue weighted by Crippen LogP contribution is -2.47. The molecule has 4 heterocycles. The minimum absolute atomic E-state index is 0.00779. The quantitative estimate of drug-likeness (QED) is 0.717. The Bertz CT molecular complexity index is 901. The van der Waals surface area contributed by atoms with E-state index in [0.717, 1.165) is 24.2 Å². The van der Waals surface area contributed by atoms with Crippen molar-refractivity contribution in [1.29, 1.82) is 0 Å². The van der Waals surface area contributed by atoms with Crippen LogP contribution in [0.25, 0.3) is 0 Å². The molecule has 2 bridgehead atoms. The molecular formula is C20H23N3O4S. The Labute approximate surface area is 167 Å². The summed E-state index contributed by atoms with van der Waals surface area (Å²) < 4.78 is 10.6. The van der Waals surface area contributed by atoms with Crippen molar-refractivity contribution in [1.82, 2.24) is 14.9 Å². The fourth-order valence-corrected chi connectivity index (χ4v) is 5.40. The first-order valence-corrected chi connectivity index (χ1v) is 10.2. The molecule has 148 valence electrons. The molecule has 0 N–H and O–H groups in total. The third-order valence-corrected chi connectivity index (χ3v) is 6.64. The summed E-state index contributed by atoms with van der Waals surface area (Å²) in [5, 5.41) is 1.96. The number of fused-ring (bicyclic) bond motifs is 2. The third kappa shape index (κ3) is 2.87. The highest BCUT2D eigenvalue weighted by Crippen LogP contribution is 2.53. The van der Waals surface area contributed by atoms with Crippen LogP contribution in [0.5, 0.6) is 5.75 Å². The number of aromatic nitrogens is 2. The molecule has 28 heavy (non-hydrogen) atoms. The van der Waals surface area contributed by atoms with Gasteiger partial charge in [-0.05, 0) is 32.3 Å². The molecule has 4 rings (SSSR count). The zero-order chi connectivity index (χ0) is 19.9. The van der Waals surface area contributed by atoms with E-state index in [0.29, 0.717) is 24.2 Å². The average Bonchev–Trinajstić information content (AvgIpc) is 3.42. The summed E-state index contributed by atoms with van der Waals surface area (Å²) in [5.41, 5.74) is 3.11. The SMILES string of the molecule is COC(=O)[C@@]1(Cc2cscn2)C[C@H]2CC[C@@H]1N2C(=O)c1cc(C)ncc1OC. The summed E-state index contributed by atoms with van der Waals surface area (Å²) in [6.07, 6.45) is 4.32. The predicted molar refractivity (Wildman–Crippen MR) is 103 cm³/mol. The van der Waals surface area contributed by atoms with E-state index in [9.17, 15) is 9.59 Å². The van der Waals surface area contributed by atoms with Crippen molar-refractivity contribution >= 4 is 23.2 Å². The maximum Gasteiger partial charge on any atom is 0.314 e. The van der Waals surface area contributed by atoms with E-state index < -0.39 is 5.41 Å². The standard InChI is InChI=1S/C20H23N3O4S/c1-12-6-15(16(26-2)9-21-12)18(24)23-14-4-5-17(23)20(8-14,19(25)27-3)7-13-10-28-11-22-13/h6,9-11,14,17H,4-5,7-8H2,1-3H3/t14-,17+,20+/m1/s1. The van der Waals surface area contributed by atoms with Crippen molar-refractivity contribution in [3.8, 4) is 5.75 Å². The van der Waals surface area contributed by atoms with Gasteiger partial charge in [-0.3, -0.25) is 14.6 Å². The number of thiazole rings is 1. The van der Waals surface area contributed by atoms with Gasteiger partial charge in [0.2, 0.25) is 0 Å². The van der Waals surface area contributed by atoms with Gasteiger partial charge in [-0.1, -0.05) is 0 Å². The Morgan fingerprint density at radius 3 is 2.82 bits per heavy atom. The van der Waals surface area contributed by atoms with Crippen molar-refractivity contribution in [3.05, 3.63) is 40.1 Å². The zero-order valence-electron chi connectivity index (χ0n) is 16.2. The summed E-state index contributed by atoms with van der Waals surface area (Å²) >= 11 is 1.50. The van der Waals surface area contributed by atoms with Crippen LogP contribution in [-0.2, 0) is 16.0 Å². The molecule has 2 aliphatic rings. The van der Waals surface area contributed by atoms with E-state index in [-0.39, 0.29) is 24.0 Å². The van der Waals surface area contributed by atoms with Gasteiger partial charge in [-0.25, -0.2) is 4.98 Å². The summed E-state index contributed by atoms with van der Waals surface area (Å²) in [6, 6.07) is 1.55. The molecule has 0 spiro atoms. The summed E-state index contributed by atoms with van der Waals surface area (Å²) in [5.74, 6) is 0.0762. The lowest BCUT2D eigenvalue weighted by molar-refractivity contribution is -0.154. The van der Waals surface area contributed by atoms with E-state index in [1.165, 1.54) is 25.6 Å². The first-order chi connectivity index (χ1) is 13.5. The summed E-state index contributed by atoms with van der Waals surface area (Å²) in [6.45, 7) is 1.84. The van der Waals surface area contributed by atoms with E-state index in [2.05, 4.69) is 9.97 Å². The number of hydrogen-bond donors (Lipinski definition) is 0. The van der Waals surface area contributed by atoms with Crippen molar-refractivity contribution < 1.29 is 19.1 Å². The molecule has 8 heteroatoms.